The third-order valence-corrected chi connectivity index (χ3v) is 2.41. The van der Waals surface area contributed by atoms with E-state index in [2.05, 4.69) is 26.2 Å². The predicted octanol–water partition coefficient (Wildman–Crippen LogP) is 2.44. The molecular formula is C9H6BrF2N3. The van der Waals surface area contributed by atoms with Gasteiger partial charge in [-0.15, -0.1) is 5.10 Å². The standard InChI is InChI=1S/C9H6BrF2N3/c10-4-7-5-15(14-13-7)9-2-1-6(11)3-8(9)12/h1-3,5H,4H2. The molecule has 0 N–H and O–H groups in total. The summed E-state index contributed by atoms with van der Waals surface area (Å²) >= 11 is 3.20. The number of halogens is 3. The first-order valence-electron chi connectivity index (χ1n) is 4.13. The molecule has 0 unspecified atom stereocenters. The lowest BCUT2D eigenvalue weighted by Crippen LogP contribution is -1.98. The molecule has 0 aliphatic rings. The summed E-state index contributed by atoms with van der Waals surface area (Å²) in [6, 6.07) is 3.30. The Bertz CT molecular complexity index is 484. The quantitative estimate of drug-likeness (QED) is 0.787. The van der Waals surface area contributed by atoms with E-state index in [-0.39, 0.29) is 5.69 Å². The van der Waals surface area contributed by atoms with Crippen molar-refractivity contribution >= 4 is 15.9 Å². The van der Waals surface area contributed by atoms with E-state index in [4.69, 9.17) is 0 Å². The van der Waals surface area contributed by atoms with Crippen LogP contribution in [0.4, 0.5) is 8.78 Å². The normalized spacial score (nSPS) is 10.6. The summed E-state index contributed by atoms with van der Waals surface area (Å²) in [5.74, 6) is -1.28. The Morgan fingerprint density at radius 1 is 1.33 bits per heavy atom. The van der Waals surface area contributed by atoms with Crippen LogP contribution in [-0.2, 0) is 5.33 Å². The van der Waals surface area contributed by atoms with Crippen LogP contribution in [0, 0.1) is 11.6 Å². The lowest BCUT2D eigenvalue weighted by molar-refractivity contribution is 0.572. The van der Waals surface area contributed by atoms with Gasteiger partial charge in [-0.2, -0.15) is 0 Å². The van der Waals surface area contributed by atoms with Gasteiger partial charge >= 0.3 is 0 Å². The van der Waals surface area contributed by atoms with E-state index in [0.29, 0.717) is 11.0 Å². The maximum absolute atomic E-state index is 13.3. The number of hydrogen-bond acceptors (Lipinski definition) is 2. The zero-order chi connectivity index (χ0) is 10.8. The molecule has 3 nitrogen and oxygen atoms in total. The van der Waals surface area contributed by atoms with Crippen LogP contribution in [0.1, 0.15) is 5.69 Å². The monoisotopic (exact) mass is 273 g/mol. The molecule has 2 aromatic rings. The van der Waals surface area contributed by atoms with Crippen LogP contribution in [0.15, 0.2) is 24.4 Å². The molecule has 0 fully saturated rings. The second-order valence-corrected chi connectivity index (χ2v) is 3.44. The SMILES string of the molecule is Fc1ccc(-n2cc(CBr)nn2)c(F)c1. The predicted molar refractivity (Wildman–Crippen MR) is 53.9 cm³/mol. The Hall–Kier alpha value is -1.30. The van der Waals surface area contributed by atoms with Crippen molar-refractivity contribution in [3.05, 3.63) is 41.7 Å². The first-order chi connectivity index (χ1) is 7.20. The van der Waals surface area contributed by atoms with E-state index in [9.17, 15) is 8.78 Å². The molecule has 0 atom stereocenters. The van der Waals surface area contributed by atoms with E-state index < -0.39 is 11.6 Å². The smallest absolute Gasteiger partial charge is 0.151 e. The highest BCUT2D eigenvalue weighted by Gasteiger charge is 2.07. The third-order valence-electron chi connectivity index (χ3n) is 1.83. The van der Waals surface area contributed by atoms with Gasteiger partial charge in [0, 0.05) is 11.4 Å². The van der Waals surface area contributed by atoms with Gasteiger partial charge in [0.15, 0.2) is 5.82 Å². The van der Waals surface area contributed by atoms with E-state index >= 15 is 0 Å². The Morgan fingerprint density at radius 2 is 2.13 bits per heavy atom. The molecule has 15 heavy (non-hydrogen) atoms. The summed E-state index contributed by atoms with van der Waals surface area (Å²) in [5, 5.41) is 8.04. The van der Waals surface area contributed by atoms with Crippen molar-refractivity contribution in [2.24, 2.45) is 0 Å². The average molecular weight is 274 g/mol. The Labute approximate surface area is 92.8 Å². The van der Waals surface area contributed by atoms with Crippen molar-refractivity contribution in [1.29, 1.82) is 0 Å². The van der Waals surface area contributed by atoms with Crippen LogP contribution < -0.4 is 0 Å². The second-order valence-electron chi connectivity index (χ2n) is 2.88. The largest absolute Gasteiger partial charge is 0.217 e. The fraction of sp³-hybridized carbons (Fsp3) is 0.111. The maximum atomic E-state index is 13.3. The molecule has 0 bridgehead atoms. The molecule has 1 heterocycles. The fourth-order valence-electron chi connectivity index (χ4n) is 1.14. The molecule has 2 rings (SSSR count). The zero-order valence-corrected chi connectivity index (χ0v) is 9.08. The van der Waals surface area contributed by atoms with Crippen molar-refractivity contribution in [3.8, 4) is 5.69 Å². The molecule has 0 saturated carbocycles. The van der Waals surface area contributed by atoms with Crippen molar-refractivity contribution in [2.45, 2.75) is 5.33 Å². The molecule has 0 aliphatic carbocycles. The molecule has 0 spiro atoms. The van der Waals surface area contributed by atoms with Crippen molar-refractivity contribution in [1.82, 2.24) is 15.0 Å². The van der Waals surface area contributed by atoms with E-state index in [1.54, 1.807) is 6.20 Å². The van der Waals surface area contributed by atoms with Crippen LogP contribution in [0.25, 0.3) is 5.69 Å². The minimum absolute atomic E-state index is 0.177. The van der Waals surface area contributed by atoms with Crippen molar-refractivity contribution in [2.75, 3.05) is 0 Å². The lowest BCUT2D eigenvalue weighted by atomic mass is 10.3. The summed E-state index contributed by atoms with van der Waals surface area (Å²) in [6.45, 7) is 0. The zero-order valence-electron chi connectivity index (χ0n) is 7.49. The number of alkyl halides is 1. The number of benzene rings is 1. The van der Waals surface area contributed by atoms with Gasteiger partial charge in [0.2, 0.25) is 0 Å². The van der Waals surface area contributed by atoms with Gasteiger partial charge in [-0.3, -0.25) is 0 Å². The summed E-state index contributed by atoms with van der Waals surface area (Å²) in [4.78, 5) is 0. The van der Waals surface area contributed by atoms with Gasteiger partial charge in [0.1, 0.15) is 11.5 Å². The molecule has 78 valence electrons. The van der Waals surface area contributed by atoms with Gasteiger partial charge in [-0.05, 0) is 12.1 Å². The van der Waals surface area contributed by atoms with Crippen LogP contribution >= 0.6 is 15.9 Å². The number of nitrogens with zero attached hydrogens (tertiary/aromatic N) is 3. The number of aromatic nitrogens is 3. The molecule has 0 aliphatic heterocycles. The summed E-state index contributed by atoms with van der Waals surface area (Å²) in [7, 11) is 0. The maximum Gasteiger partial charge on any atom is 0.151 e. The van der Waals surface area contributed by atoms with Gasteiger partial charge in [0.25, 0.3) is 0 Å². The minimum atomic E-state index is -0.666. The van der Waals surface area contributed by atoms with Crippen LogP contribution in [0.2, 0.25) is 0 Å². The topological polar surface area (TPSA) is 30.7 Å². The van der Waals surface area contributed by atoms with Crippen LogP contribution in [0.3, 0.4) is 0 Å². The van der Waals surface area contributed by atoms with E-state index in [0.717, 1.165) is 6.07 Å². The minimum Gasteiger partial charge on any atom is -0.217 e. The highest BCUT2D eigenvalue weighted by molar-refractivity contribution is 9.08. The Kier molecular flexibility index (Phi) is 2.77. The third kappa shape index (κ3) is 2.04. The summed E-state index contributed by atoms with van der Waals surface area (Å²) in [5.41, 5.74) is 0.856. The lowest BCUT2D eigenvalue weighted by Gasteiger charge is -2.00. The van der Waals surface area contributed by atoms with Crippen LogP contribution in [0.5, 0.6) is 0 Å². The highest BCUT2D eigenvalue weighted by atomic mass is 79.9. The Balaban J connectivity index is 2.44. The average Bonchev–Trinajstić information content (AvgIpc) is 2.66. The molecule has 0 saturated heterocycles. The highest BCUT2D eigenvalue weighted by Crippen LogP contribution is 2.14. The van der Waals surface area contributed by atoms with Gasteiger partial charge in [-0.25, -0.2) is 13.5 Å². The number of hydrogen-bond donors (Lipinski definition) is 0. The van der Waals surface area contributed by atoms with Gasteiger partial charge in [0.05, 0.1) is 11.9 Å². The van der Waals surface area contributed by atoms with Crippen LogP contribution in [-0.4, -0.2) is 15.0 Å². The first-order valence-corrected chi connectivity index (χ1v) is 5.25. The number of rotatable bonds is 2. The first kappa shape index (κ1) is 10.2. The fourth-order valence-corrected chi connectivity index (χ4v) is 1.40. The van der Waals surface area contributed by atoms with Gasteiger partial charge < -0.3 is 0 Å². The molecule has 1 aromatic heterocycles. The molecule has 1 aromatic carbocycles. The molecule has 6 heteroatoms. The Morgan fingerprint density at radius 3 is 2.73 bits per heavy atom. The van der Waals surface area contributed by atoms with E-state index in [1.807, 2.05) is 0 Å². The summed E-state index contributed by atoms with van der Waals surface area (Å²) < 4.78 is 27.2. The summed E-state index contributed by atoms with van der Waals surface area (Å²) in [6.07, 6.45) is 1.57. The van der Waals surface area contributed by atoms with Gasteiger partial charge in [-0.1, -0.05) is 21.1 Å². The second kappa shape index (κ2) is 4.06. The molecule has 0 radical (unpaired) electrons. The van der Waals surface area contributed by atoms with Crippen molar-refractivity contribution < 1.29 is 8.78 Å². The van der Waals surface area contributed by atoms with Crippen molar-refractivity contribution in [3.63, 3.8) is 0 Å². The molecular weight excluding hydrogens is 268 g/mol. The van der Waals surface area contributed by atoms with E-state index in [1.165, 1.54) is 16.8 Å². The molecule has 0 amide bonds.